The summed E-state index contributed by atoms with van der Waals surface area (Å²) in [5, 5.41) is 2.22. The SMILES string of the molecule is CN(C(=O)c1cc2ccccc2c(Cl)n1)C1CCSC1. The molecule has 5 heteroatoms. The molecule has 1 atom stereocenters. The average molecular weight is 307 g/mol. The molecular weight excluding hydrogens is 292 g/mol. The van der Waals surface area contributed by atoms with Crippen molar-refractivity contribution in [2.75, 3.05) is 18.6 Å². The van der Waals surface area contributed by atoms with Gasteiger partial charge in [-0.05, 0) is 23.6 Å². The Morgan fingerprint density at radius 2 is 2.25 bits per heavy atom. The molecule has 0 saturated carbocycles. The summed E-state index contributed by atoms with van der Waals surface area (Å²) in [6, 6.07) is 9.84. The van der Waals surface area contributed by atoms with Crippen molar-refractivity contribution in [2.45, 2.75) is 12.5 Å². The molecule has 1 amide bonds. The molecule has 1 unspecified atom stereocenters. The van der Waals surface area contributed by atoms with E-state index in [9.17, 15) is 4.79 Å². The molecule has 0 bridgehead atoms. The highest BCUT2D eigenvalue weighted by atomic mass is 35.5. The monoisotopic (exact) mass is 306 g/mol. The first kappa shape index (κ1) is 13.7. The summed E-state index contributed by atoms with van der Waals surface area (Å²) in [6.07, 6.45) is 1.05. The van der Waals surface area contributed by atoms with Gasteiger partial charge in [0.25, 0.3) is 5.91 Å². The van der Waals surface area contributed by atoms with E-state index in [1.54, 1.807) is 4.90 Å². The van der Waals surface area contributed by atoms with Crippen LogP contribution in [0.4, 0.5) is 0 Å². The van der Waals surface area contributed by atoms with Crippen LogP contribution < -0.4 is 0 Å². The minimum Gasteiger partial charge on any atom is -0.337 e. The highest BCUT2D eigenvalue weighted by Crippen LogP contribution is 2.25. The Morgan fingerprint density at radius 3 is 3.00 bits per heavy atom. The largest absolute Gasteiger partial charge is 0.337 e. The molecule has 20 heavy (non-hydrogen) atoms. The van der Waals surface area contributed by atoms with Crippen molar-refractivity contribution in [1.82, 2.24) is 9.88 Å². The molecule has 0 aliphatic carbocycles. The zero-order chi connectivity index (χ0) is 14.1. The van der Waals surface area contributed by atoms with E-state index in [0.717, 1.165) is 28.7 Å². The summed E-state index contributed by atoms with van der Waals surface area (Å²) >= 11 is 8.07. The fraction of sp³-hybridized carbons (Fsp3) is 0.333. The second-order valence-electron chi connectivity index (χ2n) is 4.95. The third-order valence-corrected chi connectivity index (χ3v) is 5.12. The smallest absolute Gasteiger partial charge is 0.272 e. The maximum atomic E-state index is 12.5. The average Bonchev–Trinajstić information content (AvgIpc) is 3.00. The van der Waals surface area contributed by atoms with Gasteiger partial charge in [0.05, 0.1) is 0 Å². The topological polar surface area (TPSA) is 33.2 Å². The molecule has 1 aromatic heterocycles. The van der Waals surface area contributed by atoms with Crippen LogP contribution in [0, 0.1) is 0 Å². The lowest BCUT2D eigenvalue weighted by Crippen LogP contribution is -2.37. The van der Waals surface area contributed by atoms with Crippen molar-refractivity contribution in [3.05, 3.63) is 41.2 Å². The van der Waals surface area contributed by atoms with Gasteiger partial charge in [-0.2, -0.15) is 11.8 Å². The Kier molecular flexibility index (Phi) is 3.85. The molecule has 1 aliphatic rings. The van der Waals surface area contributed by atoms with Crippen molar-refractivity contribution < 1.29 is 4.79 Å². The maximum Gasteiger partial charge on any atom is 0.272 e. The number of fused-ring (bicyclic) bond motifs is 1. The second-order valence-corrected chi connectivity index (χ2v) is 6.46. The zero-order valence-corrected chi connectivity index (χ0v) is 12.7. The number of aromatic nitrogens is 1. The normalized spacial score (nSPS) is 18.4. The summed E-state index contributed by atoms with van der Waals surface area (Å²) in [5.41, 5.74) is 0.424. The van der Waals surface area contributed by atoms with E-state index in [2.05, 4.69) is 4.98 Å². The van der Waals surface area contributed by atoms with Gasteiger partial charge >= 0.3 is 0 Å². The minimum atomic E-state index is -0.0508. The number of hydrogen-bond donors (Lipinski definition) is 0. The molecule has 2 aromatic rings. The van der Waals surface area contributed by atoms with Gasteiger partial charge in [0, 0.05) is 24.2 Å². The van der Waals surface area contributed by atoms with Crippen molar-refractivity contribution >= 4 is 40.0 Å². The van der Waals surface area contributed by atoms with E-state index in [1.165, 1.54) is 0 Å². The predicted octanol–water partition coefficient (Wildman–Crippen LogP) is 3.47. The Hall–Kier alpha value is -1.26. The minimum absolute atomic E-state index is 0.0508. The first-order chi connectivity index (χ1) is 9.66. The number of hydrogen-bond acceptors (Lipinski definition) is 3. The van der Waals surface area contributed by atoms with Crippen molar-refractivity contribution in [2.24, 2.45) is 0 Å². The van der Waals surface area contributed by atoms with Gasteiger partial charge in [-0.25, -0.2) is 4.98 Å². The number of nitrogens with zero attached hydrogens (tertiary/aromatic N) is 2. The third-order valence-electron chi connectivity index (χ3n) is 3.69. The highest BCUT2D eigenvalue weighted by molar-refractivity contribution is 7.99. The molecule has 104 valence electrons. The standard InChI is InChI=1S/C15H15ClN2OS/c1-18(11-6-7-20-9-11)15(19)13-8-10-4-2-3-5-12(10)14(16)17-13/h2-5,8,11H,6-7,9H2,1H3. The number of pyridine rings is 1. The van der Waals surface area contributed by atoms with Crippen LogP contribution in [0.5, 0.6) is 0 Å². The predicted molar refractivity (Wildman–Crippen MR) is 84.6 cm³/mol. The van der Waals surface area contributed by atoms with Crippen LogP contribution in [0.3, 0.4) is 0 Å². The quantitative estimate of drug-likeness (QED) is 0.797. The van der Waals surface area contributed by atoms with E-state index >= 15 is 0 Å². The number of halogens is 1. The fourth-order valence-corrected chi connectivity index (χ4v) is 3.97. The molecule has 0 N–H and O–H groups in total. The van der Waals surface area contributed by atoms with Crippen LogP contribution in [0.1, 0.15) is 16.9 Å². The summed E-state index contributed by atoms with van der Waals surface area (Å²) in [7, 11) is 1.85. The summed E-state index contributed by atoms with van der Waals surface area (Å²) in [4.78, 5) is 18.6. The van der Waals surface area contributed by atoms with Crippen molar-refractivity contribution in [3.63, 3.8) is 0 Å². The molecule has 1 aromatic carbocycles. The number of carbonyl (C=O) groups is 1. The molecule has 0 spiro atoms. The molecule has 3 rings (SSSR count). The Morgan fingerprint density at radius 1 is 1.45 bits per heavy atom. The molecule has 0 radical (unpaired) electrons. The van der Waals surface area contributed by atoms with Crippen LogP contribution in [0.15, 0.2) is 30.3 Å². The number of amides is 1. The summed E-state index contributed by atoms with van der Waals surface area (Å²) < 4.78 is 0. The third kappa shape index (κ3) is 2.50. The fourth-order valence-electron chi connectivity index (χ4n) is 2.44. The van der Waals surface area contributed by atoms with Crippen LogP contribution in [-0.2, 0) is 0 Å². The van der Waals surface area contributed by atoms with Gasteiger partial charge in [-0.1, -0.05) is 35.9 Å². The zero-order valence-electron chi connectivity index (χ0n) is 11.2. The lowest BCUT2D eigenvalue weighted by molar-refractivity contribution is 0.0742. The first-order valence-corrected chi connectivity index (χ1v) is 8.10. The number of thioether (sulfide) groups is 1. The van der Waals surface area contributed by atoms with Gasteiger partial charge in [0.1, 0.15) is 10.8 Å². The molecular formula is C15H15ClN2OS. The highest BCUT2D eigenvalue weighted by Gasteiger charge is 2.25. The van der Waals surface area contributed by atoms with Gasteiger partial charge < -0.3 is 4.90 Å². The molecule has 1 fully saturated rings. The van der Waals surface area contributed by atoms with Gasteiger partial charge in [-0.15, -0.1) is 0 Å². The molecule has 2 heterocycles. The summed E-state index contributed by atoms with van der Waals surface area (Å²) in [6.45, 7) is 0. The lowest BCUT2D eigenvalue weighted by Gasteiger charge is -2.23. The van der Waals surface area contributed by atoms with E-state index in [0.29, 0.717) is 16.9 Å². The van der Waals surface area contributed by atoms with Crippen LogP contribution in [0.2, 0.25) is 5.15 Å². The molecule has 3 nitrogen and oxygen atoms in total. The Balaban J connectivity index is 1.95. The molecule has 1 aliphatic heterocycles. The molecule has 1 saturated heterocycles. The van der Waals surface area contributed by atoms with Gasteiger partial charge in [-0.3, -0.25) is 4.79 Å². The van der Waals surface area contributed by atoms with E-state index < -0.39 is 0 Å². The Bertz CT molecular complexity index is 655. The number of carbonyl (C=O) groups excluding carboxylic acids is 1. The summed E-state index contributed by atoms with van der Waals surface area (Å²) in [5.74, 6) is 2.07. The van der Waals surface area contributed by atoms with Crippen LogP contribution in [-0.4, -0.2) is 40.4 Å². The second kappa shape index (κ2) is 5.62. The maximum absolute atomic E-state index is 12.5. The number of benzene rings is 1. The lowest BCUT2D eigenvalue weighted by atomic mass is 10.1. The van der Waals surface area contributed by atoms with Crippen molar-refractivity contribution in [1.29, 1.82) is 0 Å². The van der Waals surface area contributed by atoms with Crippen LogP contribution in [0.25, 0.3) is 10.8 Å². The van der Waals surface area contributed by atoms with Crippen molar-refractivity contribution in [3.8, 4) is 0 Å². The Labute approximate surface area is 127 Å². The van der Waals surface area contributed by atoms with E-state index in [4.69, 9.17) is 11.6 Å². The van der Waals surface area contributed by atoms with Gasteiger partial charge in [0.2, 0.25) is 0 Å². The van der Waals surface area contributed by atoms with E-state index in [1.807, 2.05) is 49.1 Å². The van der Waals surface area contributed by atoms with Crippen LogP contribution >= 0.6 is 23.4 Å². The first-order valence-electron chi connectivity index (χ1n) is 6.57. The van der Waals surface area contributed by atoms with E-state index in [-0.39, 0.29) is 5.91 Å². The van der Waals surface area contributed by atoms with Gasteiger partial charge in [0.15, 0.2) is 0 Å². The number of rotatable bonds is 2.